The maximum Gasteiger partial charge on any atom is 0.254 e. The van der Waals surface area contributed by atoms with Crippen molar-refractivity contribution in [2.24, 2.45) is 0 Å². The van der Waals surface area contributed by atoms with Crippen LogP contribution in [0.3, 0.4) is 0 Å². The number of aromatic nitrogens is 1. The maximum atomic E-state index is 12.0. The minimum atomic E-state index is -0.209. The average molecular weight is 245 g/mol. The van der Waals surface area contributed by atoms with E-state index in [1.54, 1.807) is 12.1 Å². The van der Waals surface area contributed by atoms with Gasteiger partial charge in [0, 0.05) is 11.8 Å². The molecule has 0 radical (unpaired) electrons. The highest BCUT2D eigenvalue weighted by atomic mass is 16.5. The van der Waals surface area contributed by atoms with Crippen molar-refractivity contribution < 1.29 is 9.32 Å². The monoisotopic (exact) mass is 245 g/mol. The highest BCUT2D eigenvalue weighted by Gasteiger charge is 2.12. The zero-order chi connectivity index (χ0) is 13.1. The lowest BCUT2D eigenvalue weighted by molar-refractivity contribution is 0.0947. The predicted molar refractivity (Wildman–Crippen MR) is 68.0 cm³/mol. The van der Waals surface area contributed by atoms with Crippen molar-refractivity contribution in [1.29, 1.82) is 0 Å². The first-order chi connectivity index (χ1) is 8.58. The third-order valence-corrected chi connectivity index (χ3v) is 2.63. The number of anilines is 1. The molecule has 5 nitrogen and oxygen atoms in total. The number of nitrogens with zero attached hydrogens (tertiary/aromatic N) is 1. The van der Waals surface area contributed by atoms with Crippen LogP contribution < -0.4 is 11.1 Å². The van der Waals surface area contributed by atoms with E-state index < -0.39 is 0 Å². The quantitative estimate of drug-likeness (QED) is 0.808. The minimum absolute atomic E-state index is 0.209. The Labute approximate surface area is 105 Å². The summed E-state index contributed by atoms with van der Waals surface area (Å²) in [6.07, 6.45) is 0. The third kappa shape index (κ3) is 2.51. The number of rotatable bonds is 3. The van der Waals surface area contributed by atoms with Crippen molar-refractivity contribution in [3.63, 3.8) is 0 Å². The molecule has 0 unspecified atom stereocenters. The number of nitrogens with two attached hydrogens (primary N) is 1. The largest absolute Gasteiger partial charge is 0.398 e. The number of hydrogen-bond donors (Lipinski definition) is 2. The van der Waals surface area contributed by atoms with Crippen LogP contribution in [-0.2, 0) is 6.54 Å². The fraction of sp³-hybridized carbons (Fsp3) is 0.231. The van der Waals surface area contributed by atoms with E-state index in [0.717, 1.165) is 11.3 Å². The number of carbonyl (C=O) groups is 1. The molecule has 0 fully saturated rings. The smallest absolute Gasteiger partial charge is 0.254 e. The number of nitrogens with one attached hydrogen (secondary N) is 1. The van der Waals surface area contributed by atoms with Gasteiger partial charge in [-0.15, -0.1) is 0 Å². The van der Waals surface area contributed by atoms with E-state index in [1.807, 2.05) is 26.0 Å². The predicted octanol–water partition coefficient (Wildman–Crippen LogP) is 1.80. The molecule has 0 aliphatic heterocycles. The summed E-state index contributed by atoms with van der Waals surface area (Å²) >= 11 is 0. The first kappa shape index (κ1) is 12.2. The molecule has 0 spiro atoms. The number of carbonyl (C=O) groups excluding carboxylic acids is 1. The van der Waals surface area contributed by atoms with Gasteiger partial charge in [0.05, 0.1) is 17.8 Å². The van der Waals surface area contributed by atoms with Crippen LogP contribution in [0.5, 0.6) is 0 Å². The molecular formula is C13H15N3O2. The van der Waals surface area contributed by atoms with Crippen LogP contribution in [0.4, 0.5) is 5.69 Å². The Bertz CT molecular complexity index is 555. The Kier molecular flexibility index (Phi) is 3.32. The lowest BCUT2D eigenvalue weighted by Crippen LogP contribution is -2.24. The zero-order valence-electron chi connectivity index (χ0n) is 10.4. The van der Waals surface area contributed by atoms with E-state index in [-0.39, 0.29) is 5.91 Å². The fourth-order valence-electron chi connectivity index (χ4n) is 1.76. The van der Waals surface area contributed by atoms with Gasteiger partial charge in [0.2, 0.25) is 0 Å². The molecule has 0 saturated carbocycles. The number of benzene rings is 1. The third-order valence-electron chi connectivity index (χ3n) is 2.63. The molecule has 2 aromatic rings. The van der Waals surface area contributed by atoms with Crippen molar-refractivity contribution in [3.8, 4) is 0 Å². The van der Waals surface area contributed by atoms with Crippen LogP contribution in [0.1, 0.15) is 27.4 Å². The number of nitrogen functional groups attached to an aromatic ring is 1. The molecule has 0 aliphatic carbocycles. The molecule has 94 valence electrons. The molecule has 0 aliphatic rings. The van der Waals surface area contributed by atoms with E-state index in [9.17, 15) is 4.79 Å². The summed E-state index contributed by atoms with van der Waals surface area (Å²) in [7, 11) is 0. The van der Waals surface area contributed by atoms with E-state index in [1.165, 1.54) is 0 Å². The molecule has 1 aromatic carbocycles. The van der Waals surface area contributed by atoms with Gasteiger partial charge >= 0.3 is 0 Å². The molecule has 3 N–H and O–H groups in total. The summed E-state index contributed by atoms with van der Waals surface area (Å²) in [6.45, 7) is 3.98. The Hall–Kier alpha value is -2.30. The van der Waals surface area contributed by atoms with Crippen LogP contribution in [0.2, 0.25) is 0 Å². The van der Waals surface area contributed by atoms with Gasteiger partial charge < -0.3 is 15.6 Å². The van der Waals surface area contributed by atoms with Crippen LogP contribution in [0.15, 0.2) is 28.8 Å². The zero-order valence-corrected chi connectivity index (χ0v) is 10.4. The molecule has 0 atom stereocenters. The van der Waals surface area contributed by atoms with E-state index in [0.29, 0.717) is 23.6 Å². The second kappa shape index (κ2) is 4.91. The molecule has 0 bridgehead atoms. The topological polar surface area (TPSA) is 81.2 Å². The van der Waals surface area contributed by atoms with Crippen molar-refractivity contribution in [2.45, 2.75) is 20.4 Å². The van der Waals surface area contributed by atoms with Gasteiger partial charge in [-0.2, -0.15) is 0 Å². The average Bonchev–Trinajstić information content (AvgIpc) is 2.72. The summed E-state index contributed by atoms with van der Waals surface area (Å²) in [5.41, 5.74) is 8.42. The highest BCUT2D eigenvalue weighted by Crippen LogP contribution is 2.16. The first-order valence-electron chi connectivity index (χ1n) is 5.63. The van der Waals surface area contributed by atoms with Gasteiger partial charge in [0.25, 0.3) is 5.91 Å². The molecule has 2 rings (SSSR count). The molecule has 1 amide bonds. The van der Waals surface area contributed by atoms with E-state index in [2.05, 4.69) is 10.5 Å². The summed E-state index contributed by atoms with van der Waals surface area (Å²) in [6, 6.07) is 7.16. The summed E-state index contributed by atoms with van der Waals surface area (Å²) in [4.78, 5) is 12.0. The summed E-state index contributed by atoms with van der Waals surface area (Å²) in [5.74, 6) is 0.410. The second-order valence-electron chi connectivity index (χ2n) is 4.16. The first-order valence-corrected chi connectivity index (χ1v) is 5.63. The molecule has 1 aromatic heterocycles. The summed E-state index contributed by atoms with van der Waals surface area (Å²) < 4.78 is 5.02. The Morgan fingerprint density at radius 2 is 2.22 bits per heavy atom. The minimum Gasteiger partial charge on any atom is -0.398 e. The Balaban J connectivity index is 2.08. The van der Waals surface area contributed by atoms with Gasteiger partial charge in [-0.25, -0.2) is 0 Å². The van der Waals surface area contributed by atoms with Gasteiger partial charge in [0.15, 0.2) is 5.76 Å². The maximum absolute atomic E-state index is 12.0. The van der Waals surface area contributed by atoms with Crippen LogP contribution in [0.25, 0.3) is 0 Å². The Morgan fingerprint density at radius 3 is 2.83 bits per heavy atom. The molecule has 5 heteroatoms. The van der Waals surface area contributed by atoms with Gasteiger partial charge in [0.1, 0.15) is 0 Å². The molecule has 1 heterocycles. The van der Waals surface area contributed by atoms with Crippen LogP contribution in [-0.4, -0.2) is 11.1 Å². The number of hydrogen-bond acceptors (Lipinski definition) is 4. The normalized spacial score (nSPS) is 10.3. The number of aryl methyl sites for hydroxylation is 2. The van der Waals surface area contributed by atoms with Crippen molar-refractivity contribution >= 4 is 11.6 Å². The standard InChI is InChI=1S/C13H15N3O2/c1-8-4-3-5-11(14)12(8)13(17)15-7-10-6-9(2)16-18-10/h3-6H,7,14H2,1-2H3,(H,15,17). The van der Waals surface area contributed by atoms with Crippen LogP contribution in [0, 0.1) is 13.8 Å². The van der Waals surface area contributed by atoms with Crippen molar-refractivity contribution in [3.05, 3.63) is 46.8 Å². The number of amides is 1. The lowest BCUT2D eigenvalue weighted by atomic mass is 10.1. The van der Waals surface area contributed by atoms with E-state index >= 15 is 0 Å². The van der Waals surface area contributed by atoms with Crippen molar-refractivity contribution in [2.75, 3.05) is 5.73 Å². The van der Waals surface area contributed by atoms with Gasteiger partial charge in [-0.3, -0.25) is 4.79 Å². The van der Waals surface area contributed by atoms with Gasteiger partial charge in [-0.1, -0.05) is 17.3 Å². The van der Waals surface area contributed by atoms with E-state index in [4.69, 9.17) is 10.3 Å². The Morgan fingerprint density at radius 1 is 1.44 bits per heavy atom. The highest BCUT2D eigenvalue weighted by molar-refractivity contribution is 6.00. The SMILES string of the molecule is Cc1cc(CNC(=O)c2c(C)cccc2N)on1. The molecule has 0 saturated heterocycles. The second-order valence-corrected chi connectivity index (χ2v) is 4.16. The fourth-order valence-corrected chi connectivity index (χ4v) is 1.76. The molecular weight excluding hydrogens is 230 g/mol. The van der Waals surface area contributed by atoms with Crippen molar-refractivity contribution in [1.82, 2.24) is 10.5 Å². The molecule has 18 heavy (non-hydrogen) atoms. The lowest BCUT2D eigenvalue weighted by Gasteiger charge is -2.08. The van der Waals surface area contributed by atoms with Crippen LogP contribution >= 0.6 is 0 Å². The summed E-state index contributed by atoms with van der Waals surface area (Å²) in [5, 5.41) is 6.51. The van der Waals surface area contributed by atoms with Gasteiger partial charge in [-0.05, 0) is 25.5 Å².